The van der Waals surface area contributed by atoms with Crippen LogP contribution in [0.3, 0.4) is 0 Å². The third-order valence-electron chi connectivity index (χ3n) is 2.92. The monoisotopic (exact) mass is 235 g/mol. The van der Waals surface area contributed by atoms with Crippen LogP contribution in [0.2, 0.25) is 0 Å². The van der Waals surface area contributed by atoms with Gasteiger partial charge < -0.3 is 4.74 Å². The number of rotatable bonds is 5. The minimum Gasteiger partial charge on any atom is -0.467 e. The van der Waals surface area contributed by atoms with E-state index in [-0.39, 0.29) is 5.97 Å². The van der Waals surface area contributed by atoms with Crippen molar-refractivity contribution in [2.24, 2.45) is 0 Å². The Morgan fingerprint density at radius 3 is 2.71 bits per heavy atom. The first-order valence-electron chi connectivity index (χ1n) is 5.95. The van der Waals surface area contributed by atoms with Crippen molar-refractivity contribution in [1.29, 1.82) is 0 Å². The Labute approximate surface area is 103 Å². The van der Waals surface area contributed by atoms with Gasteiger partial charge in [0.1, 0.15) is 5.54 Å². The molecule has 0 saturated heterocycles. The molecule has 0 aliphatic carbocycles. The Bertz CT molecular complexity index is 390. The molecule has 0 aliphatic heterocycles. The van der Waals surface area contributed by atoms with E-state index in [1.54, 1.807) is 0 Å². The summed E-state index contributed by atoms with van der Waals surface area (Å²) in [5, 5.41) is 3.27. The van der Waals surface area contributed by atoms with Crippen LogP contribution in [0.25, 0.3) is 0 Å². The molecule has 1 N–H and O–H groups in total. The number of hydrogen-bond donors (Lipinski definition) is 1. The highest BCUT2D eigenvalue weighted by molar-refractivity contribution is 5.82. The van der Waals surface area contributed by atoms with Crippen LogP contribution in [0.5, 0.6) is 0 Å². The predicted molar refractivity (Wildman–Crippen MR) is 68.8 cm³/mol. The third kappa shape index (κ3) is 3.07. The van der Waals surface area contributed by atoms with Crippen molar-refractivity contribution in [2.45, 2.75) is 32.7 Å². The van der Waals surface area contributed by atoms with E-state index in [9.17, 15) is 4.79 Å². The summed E-state index contributed by atoms with van der Waals surface area (Å²) in [5.74, 6) is -0.253. The Morgan fingerprint density at radius 1 is 1.47 bits per heavy atom. The quantitative estimate of drug-likeness (QED) is 0.796. The number of nitrogens with one attached hydrogen (secondary N) is 1. The van der Waals surface area contributed by atoms with Gasteiger partial charge in [-0.1, -0.05) is 36.8 Å². The molecule has 0 amide bonds. The summed E-state index contributed by atoms with van der Waals surface area (Å²) in [6.45, 7) is 6.73. The second kappa shape index (κ2) is 5.82. The van der Waals surface area contributed by atoms with Gasteiger partial charge in [0.2, 0.25) is 0 Å². The third-order valence-corrected chi connectivity index (χ3v) is 2.92. The number of carbonyl (C=O) groups excluding carboxylic acids is 1. The highest BCUT2D eigenvalue weighted by atomic mass is 16.5. The number of benzene rings is 1. The van der Waals surface area contributed by atoms with Crippen molar-refractivity contribution in [3.63, 3.8) is 0 Å². The maximum Gasteiger partial charge on any atom is 0.330 e. The van der Waals surface area contributed by atoms with Crippen LogP contribution in [0.4, 0.5) is 0 Å². The van der Waals surface area contributed by atoms with E-state index in [0.29, 0.717) is 0 Å². The van der Waals surface area contributed by atoms with Gasteiger partial charge in [-0.05, 0) is 32.4 Å². The lowest BCUT2D eigenvalue weighted by Crippen LogP contribution is -2.47. The fourth-order valence-corrected chi connectivity index (χ4v) is 1.83. The summed E-state index contributed by atoms with van der Waals surface area (Å²) in [7, 11) is 1.42. The average Bonchev–Trinajstić information content (AvgIpc) is 2.34. The number of ether oxygens (including phenoxy) is 1. The van der Waals surface area contributed by atoms with Gasteiger partial charge in [-0.3, -0.25) is 5.32 Å². The van der Waals surface area contributed by atoms with Gasteiger partial charge in [-0.2, -0.15) is 0 Å². The molecule has 17 heavy (non-hydrogen) atoms. The van der Waals surface area contributed by atoms with Gasteiger partial charge in [0.25, 0.3) is 0 Å². The van der Waals surface area contributed by atoms with Gasteiger partial charge >= 0.3 is 5.97 Å². The first-order valence-corrected chi connectivity index (χ1v) is 5.95. The normalized spacial score (nSPS) is 14.1. The second-order valence-electron chi connectivity index (χ2n) is 4.41. The van der Waals surface area contributed by atoms with Crippen LogP contribution in [-0.4, -0.2) is 19.6 Å². The molecule has 3 nitrogen and oxygen atoms in total. The van der Waals surface area contributed by atoms with Crippen molar-refractivity contribution in [2.75, 3.05) is 13.7 Å². The summed E-state index contributed by atoms with van der Waals surface area (Å²) < 4.78 is 4.91. The molecule has 0 radical (unpaired) electrons. The highest BCUT2D eigenvalue weighted by Gasteiger charge is 2.35. The zero-order chi connectivity index (χ0) is 12.9. The van der Waals surface area contributed by atoms with Gasteiger partial charge in [0, 0.05) is 0 Å². The van der Waals surface area contributed by atoms with Gasteiger partial charge in [0.15, 0.2) is 0 Å². The highest BCUT2D eigenvalue weighted by Crippen LogP contribution is 2.23. The van der Waals surface area contributed by atoms with Gasteiger partial charge in [0.05, 0.1) is 7.11 Å². The molecule has 0 aliphatic rings. The van der Waals surface area contributed by atoms with E-state index < -0.39 is 5.54 Å². The maximum atomic E-state index is 12.0. The first-order chi connectivity index (χ1) is 8.04. The Hall–Kier alpha value is -1.35. The van der Waals surface area contributed by atoms with E-state index in [2.05, 4.69) is 12.2 Å². The SMILES string of the molecule is CCCNC(C)(C(=O)OC)c1cccc(C)c1. The smallest absolute Gasteiger partial charge is 0.330 e. The molecule has 1 atom stereocenters. The summed E-state index contributed by atoms with van der Waals surface area (Å²) in [6, 6.07) is 7.94. The number of esters is 1. The van der Waals surface area contributed by atoms with E-state index in [1.807, 2.05) is 38.1 Å². The van der Waals surface area contributed by atoms with Gasteiger partial charge in [-0.25, -0.2) is 4.79 Å². The number of hydrogen-bond acceptors (Lipinski definition) is 3. The van der Waals surface area contributed by atoms with E-state index in [1.165, 1.54) is 7.11 Å². The summed E-state index contributed by atoms with van der Waals surface area (Å²) in [4.78, 5) is 12.0. The molecule has 1 aromatic carbocycles. The van der Waals surface area contributed by atoms with Crippen LogP contribution < -0.4 is 5.32 Å². The molecule has 0 spiro atoms. The molecule has 1 unspecified atom stereocenters. The molecule has 0 saturated carbocycles. The fraction of sp³-hybridized carbons (Fsp3) is 0.500. The van der Waals surface area contributed by atoms with Crippen molar-refractivity contribution in [1.82, 2.24) is 5.32 Å². The van der Waals surface area contributed by atoms with E-state index in [0.717, 1.165) is 24.1 Å². The lowest BCUT2D eigenvalue weighted by atomic mass is 9.90. The van der Waals surface area contributed by atoms with Crippen molar-refractivity contribution >= 4 is 5.97 Å². The lowest BCUT2D eigenvalue weighted by Gasteiger charge is -2.28. The van der Waals surface area contributed by atoms with Crippen LogP contribution in [0, 0.1) is 6.92 Å². The summed E-state index contributed by atoms with van der Waals surface area (Å²) in [5.41, 5.74) is 1.31. The average molecular weight is 235 g/mol. The minimum absolute atomic E-state index is 0.253. The zero-order valence-electron chi connectivity index (χ0n) is 11.0. The van der Waals surface area contributed by atoms with E-state index in [4.69, 9.17) is 4.74 Å². The lowest BCUT2D eigenvalue weighted by molar-refractivity contribution is -0.148. The molecule has 3 heteroatoms. The molecule has 0 heterocycles. The van der Waals surface area contributed by atoms with Crippen LogP contribution in [-0.2, 0) is 15.1 Å². The Balaban J connectivity index is 3.09. The van der Waals surface area contributed by atoms with Crippen molar-refractivity contribution in [3.8, 4) is 0 Å². The van der Waals surface area contributed by atoms with Crippen LogP contribution in [0.15, 0.2) is 24.3 Å². The number of aryl methyl sites for hydroxylation is 1. The largest absolute Gasteiger partial charge is 0.467 e. The number of methoxy groups -OCH3 is 1. The van der Waals surface area contributed by atoms with Crippen molar-refractivity contribution < 1.29 is 9.53 Å². The summed E-state index contributed by atoms with van der Waals surface area (Å²) in [6.07, 6.45) is 0.971. The minimum atomic E-state index is -0.767. The Kier molecular flexibility index (Phi) is 4.70. The standard InChI is InChI=1S/C14H21NO2/c1-5-9-15-14(3,13(16)17-4)12-8-6-7-11(2)10-12/h6-8,10,15H,5,9H2,1-4H3. The Morgan fingerprint density at radius 2 is 2.18 bits per heavy atom. The second-order valence-corrected chi connectivity index (χ2v) is 4.41. The predicted octanol–water partition coefficient (Wildman–Crippen LogP) is 2.38. The zero-order valence-corrected chi connectivity index (χ0v) is 11.0. The molecular weight excluding hydrogens is 214 g/mol. The van der Waals surface area contributed by atoms with Crippen LogP contribution >= 0.6 is 0 Å². The van der Waals surface area contributed by atoms with Gasteiger partial charge in [-0.15, -0.1) is 0 Å². The van der Waals surface area contributed by atoms with Crippen LogP contribution in [0.1, 0.15) is 31.4 Å². The topological polar surface area (TPSA) is 38.3 Å². The molecular formula is C14H21NO2. The summed E-state index contributed by atoms with van der Waals surface area (Å²) >= 11 is 0. The molecule has 0 aromatic heterocycles. The fourth-order valence-electron chi connectivity index (χ4n) is 1.83. The molecule has 1 rings (SSSR count). The maximum absolute atomic E-state index is 12.0. The molecule has 1 aromatic rings. The number of carbonyl (C=O) groups is 1. The van der Waals surface area contributed by atoms with Crippen molar-refractivity contribution in [3.05, 3.63) is 35.4 Å². The molecule has 94 valence electrons. The molecule has 0 fully saturated rings. The van der Waals surface area contributed by atoms with E-state index >= 15 is 0 Å². The first kappa shape index (κ1) is 13.7. The molecule has 0 bridgehead atoms.